The second-order valence-corrected chi connectivity index (χ2v) is 6.90. The predicted molar refractivity (Wildman–Crippen MR) is 106 cm³/mol. The zero-order valence-electron chi connectivity index (χ0n) is 15.7. The van der Waals surface area contributed by atoms with Crippen LogP contribution in [0.4, 0.5) is 17.6 Å². The van der Waals surface area contributed by atoms with Crippen molar-refractivity contribution in [1.29, 1.82) is 0 Å². The highest BCUT2D eigenvalue weighted by Gasteiger charge is 2.30. The molecule has 0 spiro atoms. The third kappa shape index (κ3) is 2.46. The van der Waals surface area contributed by atoms with Crippen molar-refractivity contribution in [2.24, 2.45) is 0 Å². The van der Waals surface area contributed by atoms with Crippen molar-refractivity contribution in [1.82, 2.24) is 0 Å². The molecule has 0 saturated heterocycles. The maximum atomic E-state index is 14.9. The molecule has 148 valence electrons. The average Bonchev–Trinajstić information content (AvgIpc) is 2.80. The summed E-state index contributed by atoms with van der Waals surface area (Å²) in [5.41, 5.74) is 1.69. The van der Waals surface area contributed by atoms with Crippen molar-refractivity contribution < 1.29 is 26.7 Å². The van der Waals surface area contributed by atoms with Crippen LogP contribution in [0, 0.1) is 23.3 Å². The number of nitrogens with zero attached hydrogens (tertiary/aromatic N) is 1. The van der Waals surface area contributed by atoms with E-state index in [4.69, 9.17) is 4.74 Å². The van der Waals surface area contributed by atoms with Gasteiger partial charge in [0.2, 0.25) is 17.2 Å². The Bertz CT molecular complexity index is 1480. The summed E-state index contributed by atoms with van der Waals surface area (Å²) in [4.78, 5) is 0. The number of methoxy groups -OCH3 is 1. The summed E-state index contributed by atoms with van der Waals surface area (Å²) in [5.74, 6) is -5.88. The summed E-state index contributed by atoms with van der Waals surface area (Å²) in [5, 5.41) is 0.560. The van der Waals surface area contributed by atoms with Gasteiger partial charge in [-0.05, 0) is 29.3 Å². The van der Waals surface area contributed by atoms with Gasteiger partial charge in [-0.15, -0.1) is 0 Å². The van der Waals surface area contributed by atoms with E-state index in [1.54, 1.807) is 43.5 Å². The van der Waals surface area contributed by atoms with Crippen molar-refractivity contribution in [3.8, 4) is 16.9 Å². The van der Waals surface area contributed by atoms with Crippen LogP contribution in [0.2, 0.25) is 0 Å². The van der Waals surface area contributed by atoms with Gasteiger partial charge in [-0.2, -0.15) is 8.79 Å². The lowest BCUT2D eigenvalue weighted by atomic mass is 9.94. The van der Waals surface area contributed by atoms with E-state index in [1.165, 1.54) is 10.6 Å². The summed E-state index contributed by atoms with van der Waals surface area (Å²) >= 11 is 0. The fraction of sp³-hybridized carbons (Fsp3) is 0.0417. The molecule has 2 aromatic heterocycles. The molecule has 0 radical (unpaired) electrons. The Morgan fingerprint density at radius 1 is 0.733 bits per heavy atom. The lowest BCUT2D eigenvalue weighted by molar-refractivity contribution is -0.482. The number of hydrogen-bond acceptors (Lipinski definition) is 1. The zero-order valence-corrected chi connectivity index (χ0v) is 15.7. The van der Waals surface area contributed by atoms with E-state index < -0.39 is 23.3 Å². The molecule has 30 heavy (non-hydrogen) atoms. The van der Waals surface area contributed by atoms with Crippen LogP contribution in [0.3, 0.4) is 0 Å². The van der Waals surface area contributed by atoms with E-state index in [1.807, 2.05) is 24.3 Å². The van der Waals surface area contributed by atoms with Gasteiger partial charge in [0.05, 0.1) is 17.9 Å². The van der Waals surface area contributed by atoms with Gasteiger partial charge in [0, 0.05) is 17.5 Å². The normalized spacial score (nSPS) is 11.5. The summed E-state index contributed by atoms with van der Waals surface area (Å²) in [7, 11) is 1.55. The third-order valence-corrected chi connectivity index (χ3v) is 5.31. The molecule has 6 heteroatoms. The van der Waals surface area contributed by atoms with Crippen molar-refractivity contribution >= 4 is 27.2 Å². The molecule has 0 aliphatic rings. The van der Waals surface area contributed by atoms with Crippen molar-refractivity contribution in [3.63, 3.8) is 0 Å². The number of aromatic nitrogens is 1. The Balaban J connectivity index is 2.08. The maximum Gasteiger partial charge on any atom is 0.261 e. The number of rotatable bonds is 2. The first-order valence-corrected chi connectivity index (χ1v) is 9.18. The number of hydrogen-bond donors (Lipinski definition) is 0. The van der Waals surface area contributed by atoms with E-state index in [-0.39, 0.29) is 16.3 Å². The van der Waals surface area contributed by atoms with Gasteiger partial charge in [-0.1, -0.05) is 30.3 Å². The molecule has 0 fully saturated rings. The molecular formula is C24H14F4NO+. The molecule has 0 saturated carbocycles. The second kappa shape index (κ2) is 6.69. The van der Waals surface area contributed by atoms with E-state index in [0.29, 0.717) is 16.7 Å². The summed E-state index contributed by atoms with van der Waals surface area (Å²) in [6.07, 6.45) is 1.50. The Labute approximate surface area is 168 Å². The molecule has 0 aliphatic carbocycles. The van der Waals surface area contributed by atoms with Gasteiger partial charge >= 0.3 is 0 Å². The van der Waals surface area contributed by atoms with Crippen LogP contribution in [0.15, 0.2) is 66.9 Å². The van der Waals surface area contributed by atoms with Gasteiger partial charge in [0.1, 0.15) is 5.75 Å². The molecule has 0 bridgehead atoms. The lowest BCUT2D eigenvalue weighted by Crippen LogP contribution is -2.25. The fourth-order valence-corrected chi connectivity index (χ4v) is 4.00. The van der Waals surface area contributed by atoms with Crippen molar-refractivity contribution in [2.45, 2.75) is 0 Å². The van der Waals surface area contributed by atoms with Gasteiger partial charge in [0.15, 0.2) is 17.8 Å². The highest BCUT2D eigenvalue weighted by Crippen LogP contribution is 2.38. The number of benzene rings is 3. The molecule has 0 atom stereocenters. The van der Waals surface area contributed by atoms with E-state index in [0.717, 1.165) is 11.1 Å². The monoisotopic (exact) mass is 408 g/mol. The molecule has 0 aliphatic heterocycles. The Hall–Kier alpha value is -3.67. The van der Waals surface area contributed by atoms with Crippen LogP contribution in [0.5, 0.6) is 5.75 Å². The largest absolute Gasteiger partial charge is 0.497 e. The molecule has 2 nitrogen and oxygen atoms in total. The minimum Gasteiger partial charge on any atom is -0.497 e. The van der Waals surface area contributed by atoms with Gasteiger partial charge in [-0.3, -0.25) is 0 Å². The fourth-order valence-electron chi connectivity index (χ4n) is 4.00. The van der Waals surface area contributed by atoms with Crippen LogP contribution in [0.25, 0.3) is 38.3 Å². The number of halogens is 4. The van der Waals surface area contributed by atoms with Crippen LogP contribution in [0.1, 0.15) is 0 Å². The van der Waals surface area contributed by atoms with Crippen LogP contribution >= 0.6 is 0 Å². The summed E-state index contributed by atoms with van der Waals surface area (Å²) in [6.45, 7) is 0. The van der Waals surface area contributed by atoms with E-state index in [2.05, 4.69) is 0 Å². The second-order valence-electron chi connectivity index (χ2n) is 6.90. The predicted octanol–water partition coefficient (Wildman–Crippen LogP) is 5.96. The van der Waals surface area contributed by atoms with Crippen molar-refractivity contribution in [3.05, 3.63) is 90.1 Å². The van der Waals surface area contributed by atoms with Crippen LogP contribution in [-0.4, -0.2) is 7.11 Å². The molecule has 0 unspecified atom stereocenters. The molecule has 3 aromatic carbocycles. The highest BCUT2D eigenvalue weighted by molar-refractivity contribution is 6.15. The van der Waals surface area contributed by atoms with Crippen molar-refractivity contribution in [2.75, 3.05) is 7.11 Å². The highest BCUT2D eigenvalue weighted by atomic mass is 19.2. The van der Waals surface area contributed by atoms with Gasteiger partial charge < -0.3 is 4.74 Å². The molecular weight excluding hydrogens is 394 g/mol. The van der Waals surface area contributed by atoms with Crippen LogP contribution in [-0.2, 0) is 0 Å². The maximum absolute atomic E-state index is 14.9. The van der Waals surface area contributed by atoms with Crippen LogP contribution < -0.4 is 9.14 Å². The number of fused-ring (bicyclic) bond motifs is 6. The quantitative estimate of drug-likeness (QED) is 0.115. The number of ether oxygens (including phenoxy) is 1. The minimum absolute atomic E-state index is 0.284. The first-order valence-electron chi connectivity index (χ1n) is 9.18. The SMILES string of the molecule is COc1cccc(-c2cccc3c2c2cccc[n+]2c2c(F)c(F)c(F)c(F)c32)c1. The van der Waals surface area contributed by atoms with Gasteiger partial charge in [-0.25, -0.2) is 13.2 Å². The Morgan fingerprint density at radius 2 is 1.50 bits per heavy atom. The standard InChI is InChI=1S/C24H14F4NO/c1-30-14-7-4-6-13(12-14)15-8-5-9-16-18(15)17-10-2-3-11-29(17)24-19(16)20(25)21(26)22(27)23(24)28/h2-12H,1H3/q+1. The molecule has 5 aromatic rings. The van der Waals surface area contributed by atoms with E-state index >= 15 is 0 Å². The average molecular weight is 408 g/mol. The topological polar surface area (TPSA) is 13.3 Å². The minimum atomic E-state index is -1.83. The smallest absolute Gasteiger partial charge is 0.261 e. The lowest BCUT2D eigenvalue weighted by Gasteiger charge is -2.12. The summed E-state index contributed by atoms with van der Waals surface area (Å²) in [6, 6.07) is 17.5. The van der Waals surface area contributed by atoms with Gasteiger partial charge in [0.25, 0.3) is 5.52 Å². The number of pyridine rings is 2. The first kappa shape index (κ1) is 18.4. The molecule has 0 amide bonds. The molecule has 5 rings (SSSR count). The zero-order chi connectivity index (χ0) is 21.0. The first-order chi connectivity index (χ1) is 14.5. The Kier molecular flexibility index (Phi) is 4.10. The summed E-state index contributed by atoms with van der Waals surface area (Å²) < 4.78 is 64.6. The van der Waals surface area contributed by atoms with E-state index in [9.17, 15) is 17.6 Å². The molecule has 0 N–H and O–H groups in total. The third-order valence-electron chi connectivity index (χ3n) is 5.31. The Morgan fingerprint density at radius 3 is 2.30 bits per heavy atom. The molecule has 2 heterocycles.